The second-order valence-electron chi connectivity index (χ2n) is 3.83. The molecule has 1 aromatic carbocycles. The van der Waals surface area contributed by atoms with Crippen molar-refractivity contribution in [1.82, 2.24) is 0 Å². The van der Waals surface area contributed by atoms with Gasteiger partial charge in [0.1, 0.15) is 4.88 Å². The molecular formula is C13H9NO2S. The molecule has 1 aliphatic heterocycles. The van der Waals surface area contributed by atoms with Crippen molar-refractivity contribution in [2.75, 3.05) is 0 Å². The minimum atomic E-state index is -0.877. The third kappa shape index (κ3) is 1.76. The first-order valence-electron chi connectivity index (χ1n) is 5.23. The van der Waals surface area contributed by atoms with Crippen molar-refractivity contribution in [3.8, 4) is 0 Å². The topological polar surface area (TPSA) is 49.7 Å². The molecule has 0 radical (unpaired) electrons. The Labute approximate surface area is 102 Å². The fourth-order valence-corrected chi connectivity index (χ4v) is 2.72. The van der Waals surface area contributed by atoms with Gasteiger partial charge in [0.2, 0.25) is 0 Å². The van der Waals surface area contributed by atoms with Gasteiger partial charge in [0.05, 0.1) is 11.4 Å². The highest BCUT2D eigenvalue weighted by molar-refractivity contribution is 7.16. The van der Waals surface area contributed by atoms with Crippen LogP contribution in [0.3, 0.4) is 0 Å². The van der Waals surface area contributed by atoms with Crippen molar-refractivity contribution >= 4 is 28.7 Å². The summed E-state index contributed by atoms with van der Waals surface area (Å²) < 4.78 is 0. The molecule has 3 nitrogen and oxygen atoms in total. The lowest BCUT2D eigenvalue weighted by Crippen LogP contribution is -1.96. The number of fused-ring (bicyclic) bond motifs is 1. The van der Waals surface area contributed by atoms with E-state index < -0.39 is 5.97 Å². The van der Waals surface area contributed by atoms with Gasteiger partial charge < -0.3 is 5.11 Å². The molecule has 0 saturated carbocycles. The summed E-state index contributed by atoms with van der Waals surface area (Å²) in [4.78, 5) is 16.6. The van der Waals surface area contributed by atoms with Crippen molar-refractivity contribution in [2.45, 2.75) is 6.42 Å². The number of rotatable bonds is 2. The molecule has 4 heteroatoms. The zero-order chi connectivity index (χ0) is 11.8. The van der Waals surface area contributed by atoms with Gasteiger partial charge in [-0.05, 0) is 23.8 Å². The molecule has 0 saturated heterocycles. The number of hydrogen-bond acceptors (Lipinski definition) is 3. The van der Waals surface area contributed by atoms with E-state index in [-0.39, 0.29) is 0 Å². The van der Waals surface area contributed by atoms with Gasteiger partial charge in [-0.3, -0.25) is 4.99 Å². The first kappa shape index (κ1) is 10.2. The van der Waals surface area contributed by atoms with Crippen molar-refractivity contribution in [3.63, 3.8) is 0 Å². The van der Waals surface area contributed by atoms with Gasteiger partial charge in [0.15, 0.2) is 0 Å². The summed E-state index contributed by atoms with van der Waals surface area (Å²) in [5.41, 5.74) is 3.16. The highest BCUT2D eigenvalue weighted by Gasteiger charge is 2.18. The Morgan fingerprint density at radius 1 is 1.24 bits per heavy atom. The molecule has 0 bridgehead atoms. The first-order valence-corrected chi connectivity index (χ1v) is 6.04. The van der Waals surface area contributed by atoms with E-state index in [4.69, 9.17) is 5.11 Å². The summed E-state index contributed by atoms with van der Waals surface area (Å²) >= 11 is 1.28. The van der Waals surface area contributed by atoms with E-state index in [2.05, 4.69) is 11.1 Å². The molecule has 0 atom stereocenters. The molecule has 1 aliphatic rings. The lowest BCUT2D eigenvalue weighted by Gasteiger charge is -1.94. The smallest absolute Gasteiger partial charge is 0.345 e. The number of benzene rings is 1. The molecule has 1 N–H and O–H groups in total. The Balaban J connectivity index is 1.95. The zero-order valence-electron chi connectivity index (χ0n) is 8.88. The molecule has 17 heavy (non-hydrogen) atoms. The highest BCUT2D eigenvalue weighted by Crippen LogP contribution is 2.30. The number of aromatic carboxylic acids is 1. The van der Waals surface area contributed by atoms with Crippen LogP contribution in [0.5, 0.6) is 0 Å². The van der Waals surface area contributed by atoms with Crippen LogP contribution in [0.4, 0.5) is 5.69 Å². The second kappa shape index (κ2) is 3.82. The highest BCUT2D eigenvalue weighted by atomic mass is 32.1. The van der Waals surface area contributed by atoms with E-state index in [9.17, 15) is 4.79 Å². The Kier molecular flexibility index (Phi) is 2.30. The van der Waals surface area contributed by atoms with Crippen LogP contribution in [0.1, 0.15) is 20.1 Å². The van der Waals surface area contributed by atoms with Crippen molar-refractivity contribution < 1.29 is 9.90 Å². The number of carboxylic acids is 1. The molecule has 0 amide bonds. The van der Waals surface area contributed by atoms with E-state index in [1.807, 2.05) is 24.3 Å². The summed E-state index contributed by atoms with van der Waals surface area (Å²) in [6, 6.07) is 11.5. The van der Waals surface area contributed by atoms with Crippen molar-refractivity contribution in [1.29, 1.82) is 0 Å². The monoisotopic (exact) mass is 243 g/mol. The van der Waals surface area contributed by atoms with Crippen LogP contribution in [-0.4, -0.2) is 16.8 Å². The molecule has 2 aromatic rings. The maximum absolute atomic E-state index is 10.8. The van der Waals surface area contributed by atoms with Gasteiger partial charge in [-0.1, -0.05) is 18.2 Å². The van der Waals surface area contributed by atoms with Crippen LogP contribution in [0.25, 0.3) is 0 Å². The maximum atomic E-state index is 10.8. The minimum Gasteiger partial charge on any atom is -0.477 e. The van der Waals surface area contributed by atoms with Crippen molar-refractivity contribution in [3.05, 3.63) is 51.7 Å². The Hall–Kier alpha value is -1.94. The zero-order valence-corrected chi connectivity index (χ0v) is 9.70. The fraction of sp³-hybridized carbons (Fsp3) is 0.0769. The number of aliphatic imine (C=N–C) groups is 1. The van der Waals surface area contributed by atoms with E-state index in [0.29, 0.717) is 4.88 Å². The minimum absolute atomic E-state index is 0.360. The average molecular weight is 243 g/mol. The van der Waals surface area contributed by atoms with Crippen LogP contribution < -0.4 is 0 Å². The number of nitrogens with zero attached hydrogens (tertiary/aromatic N) is 1. The normalized spacial score (nSPS) is 13.3. The number of carbonyl (C=O) groups is 1. The number of carboxylic acid groups (broad SMARTS) is 1. The third-order valence-corrected chi connectivity index (χ3v) is 3.83. The first-order chi connectivity index (χ1) is 8.24. The molecule has 0 aliphatic carbocycles. The summed E-state index contributed by atoms with van der Waals surface area (Å²) in [6.07, 6.45) is 0.787. The van der Waals surface area contributed by atoms with Crippen molar-refractivity contribution in [2.24, 2.45) is 4.99 Å². The number of thiophene rings is 1. The second-order valence-corrected chi connectivity index (χ2v) is 4.92. The summed E-state index contributed by atoms with van der Waals surface area (Å²) in [5, 5.41) is 8.89. The Morgan fingerprint density at radius 2 is 2.06 bits per heavy atom. The van der Waals surface area contributed by atoms with Gasteiger partial charge in [-0.15, -0.1) is 11.3 Å². The molecule has 3 rings (SSSR count). The Bertz CT molecular complexity index is 628. The number of hydrogen-bond donors (Lipinski definition) is 1. The van der Waals surface area contributed by atoms with Crippen LogP contribution in [-0.2, 0) is 6.42 Å². The van der Waals surface area contributed by atoms with E-state index >= 15 is 0 Å². The van der Waals surface area contributed by atoms with Gasteiger partial charge in [0, 0.05) is 11.3 Å². The Morgan fingerprint density at radius 3 is 2.76 bits per heavy atom. The van der Waals surface area contributed by atoms with Gasteiger partial charge in [-0.2, -0.15) is 0 Å². The third-order valence-electron chi connectivity index (χ3n) is 2.71. The van der Waals surface area contributed by atoms with E-state index in [1.165, 1.54) is 16.9 Å². The summed E-state index contributed by atoms with van der Waals surface area (Å²) in [7, 11) is 0. The molecule has 2 heterocycles. The molecule has 0 unspecified atom stereocenters. The molecule has 0 fully saturated rings. The van der Waals surface area contributed by atoms with Crippen LogP contribution in [0.15, 0.2) is 41.4 Å². The summed E-state index contributed by atoms with van der Waals surface area (Å²) in [5.74, 6) is -0.877. The largest absolute Gasteiger partial charge is 0.477 e. The average Bonchev–Trinajstić information content (AvgIpc) is 2.95. The van der Waals surface area contributed by atoms with E-state index in [0.717, 1.165) is 22.7 Å². The van der Waals surface area contributed by atoms with Gasteiger partial charge in [-0.25, -0.2) is 4.79 Å². The quantitative estimate of drug-likeness (QED) is 0.881. The van der Waals surface area contributed by atoms with Crippen LogP contribution >= 0.6 is 11.3 Å². The standard InChI is InChI=1S/C13H9NO2S/c15-13(16)12-6-5-11(17-12)10-7-8-3-1-2-4-9(8)14-10/h1-6H,7H2,(H,15,16). The van der Waals surface area contributed by atoms with Crippen LogP contribution in [0.2, 0.25) is 0 Å². The fourth-order valence-electron chi connectivity index (χ4n) is 1.88. The van der Waals surface area contributed by atoms with Gasteiger partial charge in [0.25, 0.3) is 0 Å². The number of para-hydroxylation sites is 1. The van der Waals surface area contributed by atoms with E-state index in [1.54, 1.807) is 6.07 Å². The molecule has 84 valence electrons. The SMILES string of the molecule is O=C(O)c1ccc(C2=Nc3ccccc3C2)s1. The lowest BCUT2D eigenvalue weighted by molar-refractivity contribution is 0.0702. The van der Waals surface area contributed by atoms with Gasteiger partial charge >= 0.3 is 5.97 Å². The molecular weight excluding hydrogens is 234 g/mol. The predicted octanol–water partition coefficient (Wildman–Crippen LogP) is 3.12. The molecule has 1 aromatic heterocycles. The maximum Gasteiger partial charge on any atom is 0.345 e. The summed E-state index contributed by atoms with van der Waals surface area (Å²) in [6.45, 7) is 0. The van der Waals surface area contributed by atoms with Crippen LogP contribution in [0, 0.1) is 0 Å². The lowest BCUT2D eigenvalue weighted by atomic mass is 10.1. The molecule has 0 spiro atoms. The predicted molar refractivity (Wildman–Crippen MR) is 67.6 cm³/mol.